The Hall–Kier alpha value is -7.78. The molecule has 0 bridgehead atoms. The van der Waals surface area contributed by atoms with Crippen LogP contribution >= 0.6 is 0 Å². The summed E-state index contributed by atoms with van der Waals surface area (Å²) < 4.78 is 12.2. The first-order chi connectivity index (χ1) is 29.0. The first-order valence-electron chi connectivity index (χ1n) is 18.8. The second-order valence-electron chi connectivity index (χ2n) is 13.5. The van der Waals surface area contributed by atoms with Crippen molar-refractivity contribution in [2.45, 2.75) is 53.4 Å². The van der Waals surface area contributed by atoms with E-state index in [1.165, 1.54) is 0 Å². The van der Waals surface area contributed by atoms with Crippen LogP contribution in [0.2, 0.25) is 0 Å². The van der Waals surface area contributed by atoms with Crippen molar-refractivity contribution in [3.05, 3.63) is 182 Å². The van der Waals surface area contributed by atoms with Gasteiger partial charge in [0.15, 0.2) is 5.69 Å². The number of aliphatic hydroxyl groups excluding tert-OH is 2. The summed E-state index contributed by atoms with van der Waals surface area (Å²) in [7, 11) is 0. The number of rotatable bonds is 16. The molecule has 6 aromatic rings. The highest BCUT2D eigenvalue weighted by molar-refractivity contribution is 5.95. The van der Waals surface area contributed by atoms with E-state index in [9.17, 15) is 10.2 Å². The molecule has 0 radical (unpaired) electrons. The molecule has 6 rings (SSSR count). The van der Waals surface area contributed by atoms with Crippen molar-refractivity contribution in [2.24, 2.45) is 11.5 Å². The number of anilines is 2. The summed E-state index contributed by atoms with van der Waals surface area (Å²) in [4.78, 5) is 12.1. The van der Waals surface area contributed by atoms with Crippen molar-refractivity contribution in [3.63, 3.8) is 0 Å². The van der Waals surface area contributed by atoms with E-state index in [1.807, 2.05) is 62.4 Å². The van der Waals surface area contributed by atoms with Crippen LogP contribution in [0.3, 0.4) is 0 Å². The summed E-state index contributed by atoms with van der Waals surface area (Å²) in [6, 6.07) is 31.0. The quantitative estimate of drug-likeness (QED) is 0.0278. The van der Waals surface area contributed by atoms with Crippen LogP contribution in [0.4, 0.5) is 17.1 Å². The molecule has 0 saturated heterocycles. The van der Waals surface area contributed by atoms with Gasteiger partial charge in [0.1, 0.15) is 36.4 Å². The maximum Gasteiger partial charge on any atom is 0.187 e. The van der Waals surface area contributed by atoms with E-state index in [1.54, 1.807) is 60.9 Å². The SMILES string of the molecule is Cc1ncc(CO)c(CNc2ccc(C(=N)N)cc2)c1OCc1ccc(C(=N)N)cc1.[C-]#[N+]c1ccc(COc2c(C)ncc(CO)c2CNc2ccc(C#N)cc2)cc1. The fraction of sp³-hybridized carbons (Fsp3) is 0.174. The van der Waals surface area contributed by atoms with Gasteiger partial charge in [0, 0.05) is 70.2 Å². The van der Waals surface area contributed by atoms with Crippen molar-refractivity contribution < 1.29 is 19.7 Å². The summed E-state index contributed by atoms with van der Waals surface area (Å²) in [5.74, 6) is 1.29. The molecule has 0 unspecified atom stereocenters. The number of aryl methyl sites for hydroxylation is 2. The maximum absolute atomic E-state index is 9.80. The summed E-state index contributed by atoms with van der Waals surface area (Å²) in [5, 5.41) is 50.1. The van der Waals surface area contributed by atoms with Gasteiger partial charge in [-0.3, -0.25) is 20.8 Å². The van der Waals surface area contributed by atoms with Gasteiger partial charge in [-0.15, -0.1) is 0 Å². The van der Waals surface area contributed by atoms with Gasteiger partial charge in [-0.1, -0.05) is 48.5 Å². The van der Waals surface area contributed by atoms with Crippen LogP contribution in [0.15, 0.2) is 109 Å². The monoisotopic (exact) mass is 802 g/mol. The Balaban J connectivity index is 0.000000228. The number of nitrogens with two attached hydrogens (primary N) is 2. The van der Waals surface area contributed by atoms with Crippen LogP contribution in [0.5, 0.6) is 11.5 Å². The minimum absolute atomic E-state index is 0.0193. The average Bonchev–Trinajstić information content (AvgIpc) is 3.27. The van der Waals surface area contributed by atoms with E-state index in [-0.39, 0.29) is 24.9 Å². The van der Waals surface area contributed by atoms with Gasteiger partial charge in [-0.25, -0.2) is 4.85 Å². The van der Waals surface area contributed by atoms with E-state index in [0.29, 0.717) is 71.3 Å². The molecule has 0 aliphatic rings. The third kappa shape index (κ3) is 11.6. The molecule has 14 nitrogen and oxygen atoms in total. The summed E-state index contributed by atoms with van der Waals surface area (Å²) in [6.07, 6.45) is 3.31. The van der Waals surface area contributed by atoms with Gasteiger partial charge < -0.3 is 41.8 Å². The smallest absolute Gasteiger partial charge is 0.187 e. The Morgan fingerprint density at radius 3 is 1.47 bits per heavy atom. The van der Waals surface area contributed by atoms with Crippen LogP contribution in [0.25, 0.3) is 4.85 Å². The maximum atomic E-state index is 9.80. The second-order valence-corrected chi connectivity index (χ2v) is 13.5. The summed E-state index contributed by atoms with van der Waals surface area (Å²) >= 11 is 0. The predicted molar refractivity (Wildman–Crippen MR) is 232 cm³/mol. The first kappa shape index (κ1) is 43.3. The van der Waals surface area contributed by atoms with Crippen LogP contribution in [-0.4, -0.2) is 31.9 Å². The number of nitriles is 1. The normalized spacial score (nSPS) is 10.3. The number of aliphatic hydroxyl groups is 2. The number of nitrogens with zero attached hydrogens (tertiary/aromatic N) is 4. The van der Waals surface area contributed by atoms with E-state index in [4.69, 9.17) is 43.6 Å². The molecule has 0 saturated carbocycles. The lowest BCUT2D eigenvalue weighted by Gasteiger charge is -2.18. The van der Waals surface area contributed by atoms with Crippen molar-refractivity contribution in [3.8, 4) is 17.6 Å². The van der Waals surface area contributed by atoms with Crippen LogP contribution in [0, 0.1) is 42.6 Å². The molecule has 2 aromatic heterocycles. The van der Waals surface area contributed by atoms with Crippen LogP contribution < -0.4 is 31.6 Å². The molecular formula is C46H46N10O4. The van der Waals surface area contributed by atoms with Gasteiger partial charge >= 0.3 is 0 Å². The Kier molecular flexibility index (Phi) is 15.3. The highest BCUT2D eigenvalue weighted by Crippen LogP contribution is 2.29. The predicted octanol–water partition coefficient (Wildman–Crippen LogP) is 7.14. The summed E-state index contributed by atoms with van der Waals surface area (Å²) in [6.45, 7) is 12.0. The molecule has 0 spiro atoms. The summed E-state index contributed by atoms with van der Waals surface area (Å²) in [5.41, 5.74) is 21.6. The van der Waals surface area contributed by atoms with E-state index in [2.05, 4.69) is 31.5 Å². The molecule has 0 aliphatic heterocycles. The highest BCUT2D eigenvalue weighted by atomic mass is 16.5. The molecule has 0 fully saturated rings. The number of aromatic nitrogens is 2. The fourth-order valence-corrected chi connectivity index (χ4v) is 5.96. The molecule has 4 aromatic carbocycles. The molecule has 60 heavy (non-hydrogen) atoms. The number of hydrogen-bond donors (Lipinski definition) is 8. The van der Waals surface area contributed by atoms with Crippen LogP contribution in [0.1, 0.15) is 61.5 Å². The topological polar surface area (TPSA) is 237 Å². The Morgan fingerprint density at radius 1 is 0.683 bits per heavy atom. The number of amidine groups is 2. The molecule has 0 amide bonds. The molecule has 14 heteroatoms. The number of nitrogen functional groups attached to an aromatic ring is 2. The van der Waals surface area contributed by atoms with Crippen molar-refractivity contribution in [1.29, 1.82) is 16.1 Å². The Morgan fingerprint density at radius 2 is 1.08 bits per heavy atom. The molecule has 0 aliphatic carbocycles. The lowest BCUT2D eigenvalue weighted by molar-refractivity contribution is 0.273. The first-order valence-corrected chi connectivity index (χ1v) is 18.8. The molecule has 304 valence electrons. The second kappa shape index (κ2) is 21.1. The zero-order valence-electron chi connectivity index (χ0n) is 33.3. The number of nitrogens with one attached hydrogen (secondary N) is 4. The third-order valence-corrected chi connectivity index (χ3v) is 9.39. The van der Waals surface area contributed by atoms with Gasteiger partial charge in [0.05, 0.1) is 42.8 Å². The standard InChI is InChI=1S/C23H26N6O2.C23H20N4O2/c1-14-21(31-13-15-2-4-16(5-3-15)22(24)25)20(18(12-30)10-28-14)11-29-19-8-6-17(7-9-19)23(26)27;1-16-23(29-15-18-5-7-20(25-2)8-6-18)22(19(14-28)12-26-16)13-27-21-9-3-17(11-24)4-10-21/h2-10,29-30H,11-13H2,1H3,(H3,24,25)(H3,26,27);3-10,12,27-28H,13-15H2,1H3. The highest BCUT2D eigenvalue weighted by Gasteiger charge is 2.16. The zero-order chi connectivity index (χ0) is 43.0. The fourth-order valence-electron chi connectivity index (χ4n) is 5.96. The average molecular weight is 803 g/mol. The molecule has 2 heterocycles. The van der Waals surface area contributed by atoms with Crippen molar-refractivity contribution in [1.82, 2.24) is 9.97 Å². The van der Waals surface area contributed by atoms with Crippen molar-refractivity contribution >= 4 is 28.7 Å². The van der Waals surface area contributed by atoms with Crippen LogP contribution in [-0.2, 0) is 39.5 Å². The van der Waals surface area contributed by atoms with E-state index >= 15 is 0 Å². The molecule has 10 N–H and O–H groups in total. The number of pyridine rings is 2. The molecule has 0 atom stereocenters. The third-order valence-electron chi connectivity index (χ3n) is 9.39. The van der Waals surface area contributed by atoms with Gasteiger partial charge in [0.2, 0.25) is 0 Å². The Labute approximate surface area is 349 Å². The zero-order valence-corrected chi connectivity index (χ0v) is 33.3. The number of hydrogen-bond acceptors (Lipinski definition) is 11. The molecular weight excluding hydrogens is 757 g/mol. The largest absolute Gasteiger partial charge is 0.487 e. The van der Waals surface area contributed by atoms with Crippen molar-refractivity contribution in [2.75, 3.05) is 10.6 Å². The number of benzene rings is 4. The lowest BCUT2D eigenvalue weighted by atomic mass is 10.1. The van der Waals surface area contributed by atoms with Gasteiger partial charge in [-0.05, 0) is 73.5 Å². The van der Waals surface area contributed by atoms with E-state index < -0.39 is 0 Å². The van der Waals surface area contributed by atoms with E-state index in [0.717, 1.165) is 45.0 Å². The Bertz CT molecular complexity index is 2490. The number of ether oxygens (including phenoxy) is 2. The minimum Gasteiger partial charge on any atom is -0.487 e. The van der Waals surface area contributed by atoms with Gasteiger partial charge in [0.25, 0.3) is 0 Å². The minimum atomic E-state index is -0.156. The lowest BCUT2D eigenvalue weighted by Crippen LogP contribution is -2.12. The van der Waals surface area contributed by atoms with Gasteiger partial charge in [-0.2, -0.15) is 5.26 Å².